The predicted molar refractivity (Wildman–Crippen MR) is 135 cm³/mol. The highest BCUT2D eigenvalue weighted by atomic mass is 32.1. The number of carbonyl (C=O) groups excluding carboxylic acids is 4. The van der Waals surface area contributed by atoms with Gasteiger partial charge in [0.1, 0.15) is 0 Å². The monoisotopic (exact) mass is 496 g/mol. The van der Waals surface area contributed by atoms with E-state index >= 15 is 0 Å². The topological polar surface area (TPSA) is 108 Å². The highest BCUT2D eigenvalue weighted by molar-refractivity contribution is 7.14. The van der Waals surface area contributed by atoms with Gasteiger partial charge in [0.15, 0.2) is 0 Å². The number of anilines is 1. The molecule has 0 bridgehead atoms. The third-order valence-corrected chi connectivity index (χ3v) is 8.01. The van der Waals surface area contributed by atoms with E-state index in [-0.39, 0.29) is 23.8 Å². The summed E-state index contributed by atoms with van der Waals surface area (Å²) in [6.07, 6.45) is 4.44. The highest BCUT2D eigenvalue weighted by Gasteiger charge is 2.30. The Kier molecular flexibility index (Phi) is 7.25. The molecule has 1 aliphatic heterocycles. The zero-order valence-corrected chi connectivity index (χ0v) is 21.2. The molecule has 0 saturated carbocycles. The van der Waals surface area contributed by atoms with Crippen LogP contribution in [0.25, 0.3) is 0 Å². The third-order valence-electron chi connectivity index (χ3n) is 6.77. The number of thiophene rings is 1. The van der Waals surface area contributed by atoms with Crippen molar-refractivity contribution >= 4 is 40.7 Å². The fourth-order valence-corrected chi connectivity index (χ4v) is 5.69. The second-order valence-corrected chi connectivity index (χ2v) is 11.4. The van der Waals surface area contributed by atoms with E-state index in [9.17, 15) is 19.2 Å². The summed E-state index contributed by atoms with van der Waals surface area (Å²) in [6.45, 7) is 7.16. The first kappa shape index (κ1) is 24.9. The van der Waals surface area contributed by atoms with Gasteiger partial charge in [-0.3, -0.25) is 30.0 Å². The number of rotatable bonds is 5. The lowest BCUT2D eigenvalue weighted by molar-refractivity contribution is -0.121. The van der Waals surface area contributed by atoms with E-state index < -0.39 is 11.8 Å². The lowest BCUT2D eigenvalue weighted by Crippen LogP contribution is -2.46. The molecule has 0 radical (unpaired) electrons. The van der Waals surface area contributed by atoms with Crippen molar-refractivity contribution in [3.63, 3.8) is 0 Å². The first-order valence-electron chi connectivity index (χ1n) is 12.0. The maximum absolute atomic E-state index is 12.5. The molecule has 1 atom stereocenters. The summed E-state index contributed by atoms with van der Waals surface area (Å²) in [5, 5.41) is 2.54. The van der Waals surface area contributed by atoms with Crippen molar-refractivity contribution in [1.82, 2.24) is 16.2 Å². The number of benzene rings is 1. The van der Waals surface area contributed by atoms with Gasteiger partial charge >= 0.3 is 0 Å². The summed E-state index contributed by atoms with van der Waals surface area (Å²) < 4.78 is 0. The normalized spacial score (nSPS) is 17.6. The molecule has 1 aromatic carbocycles. The van der Waals surface area contributed by atoms with E-state index in [0.29, 0.717) is 29.3 Å². The lowest BCUT2D eigenvalue weighted by Gasteiger charge is -2.33. The number of aryl methyl sites for hydroxylation is 1. The van der Waals surface area contributed by atoms with Crippen LogP contribution in [0.5, 0.6) is 0 Å². The smallest absolute Gasteiger partial charge is 0.279 e. The molecule has 1 unspecified atom stereocenters. The summed E-state index contributed by atoms with van der Waals surface area (Å²) >= 11 is 1.48. The first-order valence-corrected chi connectivity index (χ1v) is 12.8. The summed E-state index contributed by atoms with van der Waals surface area (Å²) in [7, 11) is 0. The second kappa shape index (κ2) is 10.2. The van der Waals surface area contributed by atoms with Crippen LogP contribution < -0.4 is 21.1 Å². The highest BCUT2D eigenvalue weighted by Crippen LogP contribution is 2.40. The van der Waals surface area contributed by atoms with Gasteiger partial charge in [0.2, 0.25) is 5.91 Å². The van der Waals surface area contributed by atoms with Gasteiger partial charge in [-0.15, -0.1) is 11.3 Å². The molecule has 1 fully saturated rings. The van der Waals surface area contributed by atoms with Crippen LogP contribution in [0, 0.1) is 11.3 Å². The number of hydrogen-bond acceptors (Lipinski definition) is 5. The summed E-state index contributed by atoms with van der Waals surface area (Å²) in [5.41, 5.74) is 7.40. The number of nitrogens with one attached hydrogen (secondary N) is 3. The van der Waals surface area contributed by atoms with Gasteiger partial charge in [-0.1, -0.05) is 20.8 Å². The third kappa shape index (κ3) is 5.90. The van der Waals surface area contributed by atoms with E-state index in [0.717, 1.165) is 31.4 Å². The molecule has 4 rings (SSSR count). The number of hydrogen-bond donors (Lipinski definition) is 3. The quantitative estimate of drug-likeness (QED) is 0.553. The standard InChI is InChI=1S/C26H32N4O4S/c1-26(2,3)18-8-11-20-17(13-18)14-21(35-20)25(34)29-28-22(31)15-27-24(33)16-6-9-19(10-7-16)30-12-4-5-23(30)32/h6-7,9-10,14,18H,4-5,8,11-13,15H2,1-3H3,(H,27,33)(H,28,31)(H,29,34). The Balaban J connectivity index is 1.23. The number of nitrogens with zero attached hydrogens (tertiary/aromatic N) is 1. The summed E-state index contributed by atoms with van der Waals surface area (Å²) in [4.78, 5) is 52.4. The second-order valence-electron chi connectivity index (χ2n) is 10.2. The zero-order chi connectivity index (χ0) is 25.2. The van der Waals surface area contributed by atoms with Gasteiger partial charge in [-0.05, 0) is 72.9 Å². The Hall–Kier alpha value is -3.20. The van der Waals surface area contributed by atoms with Crippen molar-refractivity contribution in [2.24, 2.45) is 11.3 Å². The molecule has 2 aliphatic rings. The van der Waals surface area contributed by atoms with Crippen molar-refractivity contribution in [3.05, 3.63) is 51.2 Å². The Bertz CT molecular complexity index is 1130. The fraction of sp³-hybridized carbons (Fsp3) is 0.462. The molecule has 35 heavy (non-hydrogen) atoms. The Morgan fingerprint density at radius 3 is 2.46 bits per heavy atom. The predicted octanol–water partition coefficient (Wildman–Crippen LogP) is 3.22. The Labute approximate surface area is 209 Å². The van der Waals surface area contributed by atoms with Crippen LogP contribution in [0.4, 0.5) is 5.69 Å². The van der Waals surface area contributed by atoms with Crippen LogP contribution in [-0.2, 0) is 22.4 Å². The summed E-state index contributed by atoms with van der Waals surface area (Å²) in [6, 6.07) is 8.63. The molecule has 1 aliphatic carbocycles. The Morgan fingerprint density at radius 1 is 1.06 bits per heavy atom. The molecule has 3 N–H and O–H groups in total. The number of fused-ring (bicyclic) bond motifs is 1. The van der Waals surface area contributed by atoms with Crippen molar-refractivity contribution in [2.75, 3.05) is 18.0 Å². The van der Waals surface area contributed by atoms with Crippen LogP contribution in [0.1, 0.15) is 70.5 Å². The molecule has 2 aromatic rings. The van der Waals surface area contributed by atoms with Gasteiger partial charge in [0.05, 0.1) is 11.4 Å². The summed E-state index contributed by atoms with van der Waals surface area (Å²) in [5.74, 6) is -0.630. The van der Waals surface area contributed by atoms with Gasteiger partial charge in [-0.25, -0.2) is 0 Å². The number of carbonyl (C=O) groups is 4. The van der Waals surface area contributed by atoms with Crippen LogP contribution in [0.15, 0.2) is 30.3 Å². The minimum absolute atomic E-state index is 0.0812. The van der Waals surface area contributed by atoms with Gasteiger partial charge in [-0.2, -0.15) is 0 Å². The van der Waals surface area contributed by atoms with Crippen molar-refractivity contribution in [1.29, 1.82) is 0 Å². The van der Waals surface area contributed by atoms with E-state index in [2.05, 4.69) is 36.9 Å². The van der Waals surface area contributed by atoms with Crippen molar-refractivity contribution < 1.29 is 19.2 Å². The zero-order valence-electron chi connectivity index (χ0n) is 20.4. The van der Waals surface area contributed by atoms with Crippen LogP contribution in [-0.4, -0.2) is 36.7 Å². The average Bonchev–Trinajstić information content (AvgIpc) is 3.46. The van der Waals surface area contributed by atoms with Crippen molar-refractivity contribution in [2.45, 2.75) is 52.9 Å². The van der Waals surface area contributed by atoms with Crippen LogP contribution >= 0.6 is 11.3 Å². The van der Waals surface area contributed by atoms with Gasteiger partial charge < -0.3 is 10.2 Å². The van der Waals surface area contributed by atoms with E-state index in [1.807, 2.05) is 6.07 Å². The molecule has 1 saturated heterocycles. The van der Waals surface area contributed by atoms with E-state index in [1.165, 1.54) is 21.8 Å². The largest absolute Gasteiger partial charge is 0.343 e. The van der Waals surface area contributed by atoms with Crippen LogP contribution in [0.2, 0.25) is 0 Å². The molecule has 1 aromatic heterocycles. The average molecular weight is 497 g/mol. The maximum Gasteiger partial charge on any atom is 0.279 e. The lowest BCUT2D eigenvalue weighted by atomic mass is 9.72. The SMILES string of the molecule is CC(C)(C)C1CCc2sc(C(=O)NNC(=O)CNC(=O)c3ccc(N4CCCC4=O)cc3)cc2C1. The molecule has 4 amide bonds. The molecular weight excluding hydrogens is 464 g/mol. The Morgan fingerprint density at radius 2 is 1.80 bits per heavy atom. The number of hydrazine groups is 1. The molecule has 2 heterocycles. The van der Waals surface area contributed by atoms with Gasteiger partial charge in [0, 0.05) is 29.1 Å². The molecule has 186 valence electrons. The molecular formula is C26H32N4O4S. The molecule has 8 nitrogen and oxygen atoms in total. The minimum atomic E-state index is -0.528. The van der Waals surface area contributed by atoms with E-state index in [1.54, 1.807) is 29.2 Å². The first-order chi connectivity index (χ1) is 16.6. The van der Waals surface area contributed by atoms with E-state index in [4.69, 9.17) is 0 Å². The fourth-order valence-electron chi connectivity index (χ4n) is 4.58. The molecule has 9 heteroatoms. The van der Waals surface area contributed by atoms with Crippen LogP contribution in [0.3, 0.4) is 0 Å². The van der Waals surface area contributed by atoms with Crippen molar-refractivity contribution in [3.8, 4) is 0 Å². The van der Waals surface area contributed by atoms with Gasteiger partial charge in [0.25, 0.3) is 17.7 Å². The maximum atomic E-state index is 12.5. The molecule has 0 spiro atoms. The number of amides is 4. The minimum Gasteiger partial charge on any atom is -0.343 e.